The van der Waals surface area contributed by atoms with Gasteiger partial charge in [0.15, 0.2) is 5.69 Å². The maximum Gasteiger partial charge on any atom is 0.273 e. The number of hydrogen-bond donors (Lipinski definition) is 1. The fourth-order valence-electron chi connectivity index (χ4n) is 2.63. The quantitative estimate of drug-likeness (QED) is 0.886. The normalized spacial score (nSPS) is 14.8. The molecule has 1 saturated carbocycles. The van der Waals surface area contributed by atoms with E-state index in [0.717, 1.165) is 12.8 Å². The Morgan fingerprint density at radius 3 is 2.78 bits per heavy atom. The topological polar surface area (TPSA) is 69.0 Å². The first-order valence-electron chi connectivity index (χ1n) is 7.80. The van der Waals surface area contributed by atoms with Crippen LogP contribution < -0.4 is 10.1 Å². The van der Waals surface area contributed by atoms with Gasteiger partial charge in [-0.3, -0.25) is 4.79 Å². The van der Waals surface area contributed by atoms with Gasteiger partial charge in [-0.2, -0.15) is 0 Å². The molecule has 3 rings (SSSR count). The minimum absolute atomic E-state index is 0.178. The van der Waals surface area contributed by atoms with Crippen LogP contribution in [0, 0.1) is 5.82 Å². The lowest BCUT2D eigenvalue weighted by molar-refractivity contribution is 0.0932. The summed E-state index contributed by atoms with van der Waals surface area (Å²) in [4.78, 5) is 12.0. The molecule has 1 amide bonds. The molecule has 2 aromatic rings. The zero-order valence-electron chi connectivity index (χ0n) is 12.7. The lowest BCUT2D eigenvalue weighted by Gasteiger charge is -2.09. The molecule has 1 aliphatic rings. The van der Waals surface area contributed by atoms with Gasteiger partial charge in [0.05, 0.1) is 12.7 Å². The Hall–Kier alpha value is -2.44. The molecule has 1 fully saturated rings. The lowest BCUT2D eigenvalue weighted by atomic mass is 10.2. The first-order chi connectivity index (χ1) is 11.2. The van der Waals surface area contributed by atoms with E-state index in [1.807, 2.05) is 0 Å². The van der Waals surface area contributed by atoms with Crippen LogP contribution in [-0.2, 0) is 6.54 Å². The zero-order chi connectivity index (χ0) is 16.1. The molecule has 0 bridgehead atoms. The second-order valence-electron chi connectivity index (χ2n) is 5.62. The predicted molar refractivity (Wildman–Crippen MR) is 81.6 cm³/mol. The second kappa shape index (κ2) is 7.21. The minimum atomic E-state index is -0.299. The van der Waals surface area contributed by atoms with E-state index < -0.39 is 0 Å². The third kappa shape index (κ3) is 4.28. The number of carbonyl (C=O) groups is 1. The van der Waals surface area contributed by atoms with Crippen molar-refractivity contribution in [2.45, 2.75) is 38.3 Å². The van der Waals surface area contributed by atoms with Crippen molar-refractivity contribution < 1.29 is 13.9 Å². The standard InChI is InChI=1S/C16H19FN4O2/c17-12-5-7-14(8-6-12)23-10-9-21-11-15(19-20-21)16(22)18-13-3-1-2-4-13/h5-8,11,13H,1-4,9-10H2,(H,18,22). The molecule has 0 aliphatic heterocycles. The number of benzene rings is 1. The van der Waals surface area contributed by atoms with Crippen LogP contribution in [0.2, 0.25) is 0 Å². The summed E-state index contributed by atoms with van der Waals surface area (Å²) < 4.78 is 19.8. The first kappa shape index (κ1) is 15.5. The van der Waals surface area contributed by atoms with Gasteiger partial charge in [0, 0.05) is 6.04 Å². The molecule has 6 nitrogen and oxygen atoms in total. The SMILES string of the molecule is O=C(NC1CCCC1)c1cn(CCOc2ccc(F)cc2)nn1. The Morgan fingerprint density at radius 1 is 1.30 bits per heavy atom. The summed E-state index contributed by atoms with van der Waals surface area (Å²) in [6, 6.07) is 6.08. The molecule has 0 radical (unpaired) electrons. The number of ether oxygens (including phenoxy) is 1. The van der Waals surface area contributed by atoms with Crippen molar-refractivity contribution in [3.63, 3.8) is 0 Å². The molecule has 122 valence electrons. The fraction of sp³-hybridized carbons (Fsp3) is 0.438. The van der Waals surface area contributed by atoms with Gasteiger partial charge in [-0.25, -0.2) is 9.07 Å². The van der Waals surface area contributed by atoms with Crippen LogP contribution in [-0.4, -0.2) is 33.5 Å². The van der Waals surface area contributed by atoms with Gasteiger partial charge in [0.1, 0.15) is 18.2 Å². The summed E-state index contributed by atoms with van der Waals surface area (Å²) in [6.45, 7) is 0.819. The third-order valence-corrected chi connectivity index (χ3v) is 3.86. The Morgan fingerprint density at radius 2 is 2.04 bits per heavy atom. The Labute approximate surface area is 133 Å². The van der Waals surface area contributed by atoms with Crippen LogP contribution in [0.25, 0.3) is 0 Å². The molecule has 1 aliphatic carbocycles. The van der Waals surface area contributed by atoms with E-state index in [9.17, 15) is 9.18 Å². The highest BCUT2D eigenvalue weighted by Crippen LogP contribution is 2.17. The molecular weight excluding hydrogens is 299 g/mol. The average Bonchev–Trinajstić information content (AvgIpc) is 3.21. The number of halogens is 1. The maximum atomic E-state index is 12.8. The van der Waals surface area contributed by atoms with E-state index in [4.69, 9.17) is 4.74 Å². The Bertz CT molecular complexity index is 650. The van der Waals surface area contributed by atoms with Crippen LogP contribution >= 0.6 is 0 Å². The van der Waals surface area contributed by atoms with Crippen LogP contribution in [0.4, 0.5) is 4.39 Å². The number of nitrogens with one attached hydrogen (secondary N) is 1. The van der Waals surface area contributed by atoms with Gasteiger partial charge >= 0.3 is 0 Å². The van der Waals surface area contributed by atoms with Crippen molar-refractivity contribution >= 4 is 5.91 Å². The van der Waals surface area contributed by atoms with Crippen molar-refractivity contribution in [2.24, 2.45) is 0 Å². The molecule has 1 aromatic heterocycles. The van der Waals surface area contributed by atoms with E-state index in [1.54, 1.807) is 23.0 Å². The summed E-state index contributed by atoms with van der Waals surface area (Å²) in [5.41, 5.74) is 0.318. The summed E-state index contributed by atoms with van der Waals surface area (Å²) in [6.07, 6.45) is 6.01. The largest absolute Gasteiger partial charge is 0.492 e. The summed E-state index contributed by atoms with van der Waals surface area (Å²) >= 11 is 0. The zero-order valence-corrected chi connectivity index (χ0v) is 12.7. The molecular formula is C16H19FN4O2. The van der Waals surface area contributed by atoms with Gasteiger partial charge in [0.25, 0.3) is 5.91 Å². The predicted octanol–water partition coefficient (Wildman–Crippen LogP) is 2.17. The maximum absolute atomic E-state index is 12.8. The van der Waals surface area contributed by atoms with Gasteiger partial charge in [-0.15, -0.1) is 5.10 Å². The Kier molecular flexibility index (Phi) is 4.85. The molecule has 1 N–H and O–H groups in total. The van der Waals surface area contributed by atoms with Gasteiger partial charge in [-0.1, -0.05) is 18.1 Å². The highest BCUT2D eigenvalue weighted by molar-refractivity contribution is 5.92. The number of aromatic nitrogens is 3. The van der Waals surface area contributed by atoms with Gasteiger partial charge < -0.3 is 10.1 Å². The van der Waals surface area contributed by atoms with Crippen LogP contribution in [0.1, 0.15) is 36.2 Å². The van der Waals surface area contributed by atoms with E-state index in [1.165, 1.54) is 25.0 Å². The van der Waals surface area contributed by atoms with Crippen molar-refractivity contribution in [1.29, 1.82) is 0 Å². The van der Waals surface area contributed by atoms with E-state index in [2.05, 4.69) is 15.6 Å². The molecule has 0 atom stereocenters. The van der Waals surface area contributed by atoms with Gasteiger partial charge in [-0.05, 0) is 37.1 Å². The smallest absolute Gasteiger partial charge is 0.273 e. The number of nitrogens with zero attached hydrogens (tertiary/aromatic N) is 3. The average molecular weight is 318 g/mol. The lowest BCUT2D eigenvalue weighted by Crippen LogP contribution is -2.32. The molecule has 1 aromatic carbocycles. The molecule has 0 spiro atoms. The number of carbonyl (C=O) groups excluding carboxylic acids is 1. The van der Waals surface area contributed by atoms with Crippen molar-refractivity contribution in [3.05, 3.63) is 42.0 Å². The summed E-state index contributed by atoms with van der Waals surface area (Å²) in [7, 11) is 0. The van der Waals surface area contributed by atoms with Gasteiger partial charge in [0.2, 0.25) is 0 Å². The summed E-state index contributed by atoms with van der Waals surface area (Å²) in [5.74, 6) is 0.111. The fourth-order valence-corrected chi connectivity index (χ4v) is 2.63. The first-order valence-corrected chi connectivity index (χ1v) is 7.80. The van der Waals surface area contributed by atoms with Crippen molar-refractivity contribution in [1.82, 2.24) is 20.3 Å². The third-order valence-electron chi connectivity index (χ3n) is 3.86. The van der Waals surface area contributed by atoms with E-state index in [0.29, 0.717) is 24.6 Å². The monoisotopic (exact) mass is 318 g/mol. The summed E-state index contributed by atoms with van der Waals surface area (Å²) in [5, 5.41) is 10.8. The van der Waals surface area contributed by atoms with Crippen LogP contribution in [0.5, 0.6) is 5.75 Å². The number of hydrogen-bond acceptors (Lipinski definition) is 4. The number of rotatable bonds is 6. The highest BCUT2D eigenvalue weighted by atomic mass is 19.1. The molecule has 0 saturated heterocycles. The highest BCUT2D eigenvalue weighted by Gasteiger charge is 2.19. The van der Waals surface area contributed by atoms with Crippen LogP contribution in [0.3, 0.4) is 0 Å². The molecule has 1 heterocycles. The van der Waals surface area contributed by atoms with Crippen LogP contribution in [0.15, 0.2) is 30.5 Å². The second-order valence-corrected chi connectivity index (χ2v) is 5.62. The van der Waals surface area contributed by atoms with E-state index >= 15 is 0 Å². The molecule has 0 unspecified atom stereocenters. The molecule has 7 heteroatoms. The number of amides is 1. The Balaban J connectivity index is 1.46. The van der Waals surface area contributed by atoms with Crippen molar-refractivity contribution in [3.8, 4) is 5.75 Å². The van der Waals surface area contributed by atoms with Crippen molar-refractivity contribution in [2.75, 3.05) is 6.61 Å². The van der Waals surface area contributed by atoms with E-state index in [-0.39, 0.29) is 17.8 Å². The minimum Gasteiger partial charge on any atom is -0.492 e. The molecule has 23 heavy (non-hydrogen) atoms.